The minimum atomic E-state index is -0.784. The van der Waals surface area contributed by atoms with Gasteiger partial charge in [0.05, 0.1) is 16.8 Å². The molecule has 1 N–H and O–H groups in total. The molecular formula is C29H27BrN2O5. The van der Waals surface area contributed by atoms with Gasteiger partial charge in [-0.15, -0.1) is 0 Å². The van der Waals surface area contributed by atoms with E-state index in [1.807, 2.05) is 58.0 Å². The lowest BCUT2D eigenvalue weighted by Gasteiger charge is -2.27. The van der Waals surface area contributed by atoms with Gasteiger partial charge in [0.1, 0.15) is 12.2 Å². The van der Waals surface area contributed by atoms with Crippen molar-refractivity contribution in [2.45, 2.75) is 34.3 Å². The molecule has 7 nitrogen and oxygen atoms in total. The van der Waals surface area contributed by atoms with Crippen LogP contribution in [0.1, 0.15) is 34.7 Å². The summed E-state index contributed by atoms with van der Waals surface area (Å²) in [7, 11) is 0. The van der Waals surface area contributed by atoms with E-state index >= 15 is 0 Å². The van der Waals surface area contributed by atoms with Gasteiger partial charge in [-0.1, -0.05) is 35.9 Å². The summed E-state index contributed by atoms with van der Waals surface area (Å²) in [6, 6.07) is 16.1. The van der Waals surface area contributed by atoms with Gasteiger partial charge in [-0.3, -0.25) is 14.9 Å². The highest BCUT2D eigenvalue weighted by atomic mass is 79.9. The van der Waals surface area contributed by atoms with Crippen molar-refractivity contribution in [3.05, 3.63) is 92.5 Å². The van der Waals surface area contributed by atoms with Crippen molar-refractivity contribution in [3.63, 3.8) is 0 Å². The van der Waals surface area contributed by atoms with Crippen LogP contribution in [-0.4, -0.2) is 24.5 Å². The first-order valence-electron chi connectivity index (χ1n) is 11.8. The summed E-state index contributed by atoms with van der Waals surface area (Å²) in [5.74, 6) is -0.491. The smallest absolute Gasteiger partial charge is 0.335 e. The van der Waals surface area contributed by atoms with E-state index in [0.29, 0.717) is 40.4 Å². The number of benzene rings is 3. The van der Waals surface area contributed by atoms with Crippen LogP contribution in [0, 0.1) is 20.8 Å². The highest BCUT2D eigenvalue weighted by Crippen LogP contribution is 2.38. The summed E-state index contributed by atoms with van der Waals surface area (Å²) >= 11 is 3.54. The zero-order chi connectivity index (χ0) is 26.7. The van der Waals surface area contributed by atoms with Crippen LogP contribution >= 0.6 is 15.9 Å². The first kappa shape index (κ1) is 26.2. The van der Waals surface area contributed by atoms with Crippen LogP contribution in [0.25, 0.3) is 6.08 Å². The predicted molar refractivity (Wildman–Crippen MR) is 146 cm³/mol. The second kappa shape index (κ2) is 11.0. The quantitative estimate of drug-likeness (QED) is 0.281. The molecule has 0 aromatic heterocycles. The maximum atomic E-state index is 13.3. The Morgan fingerprint density at radius 1 is 0.892 bits per heavy atom. The molecule has 0 radical (unpaired) electrons. The summed E-state index contributed by atoms with van der Waals surface area (Å²) < 4.78 is 12.5. The van der Waals surface area contributed by atoms with Crippen molar-refractivity contribution < 1.29 is 23.9 Å². The molecule has 3 aromatic carbocycles. The van der Waals surface area contributed by atoms with Crippen molar-refractivity contribution in [2.75, 3.05) is 11.5 Å². The van der Waals surface area contributed by atoms with Crippen molar-refractivity contribution in [3.8, 4) is 11.5 Å². The number of hydrogen-bond donors (Lipinski definition) is 1. The number of barbiturate groups is 1. The molecule has 1 aliphatic rings. The second-order valence-electron chi connectivity index (χ2n) is 8.84. The molecular weight excluding hydrogens is 536 g/mol. The van der Waals surface area contributed by atoms with Gasteiger partial charge in [0.25, 0.3) is 11.8 Å². The fourth-order valence-electron chi connectivity index (χ4n) is 4.05. The van der Waals surface area contributed by atoms with Crippen LogP contribution in [0.4, 0.5) is 10.5 Å². The number of halogens is 1. The van der Waals surface area contributed by atoms with E-state index in [2.05, 4.69) is 21.2 Å². The Kier molecular flexibility index (Phi) is 7.78. The third-order valence-electron chi connectivity index (χ3n) is 5.71. The maximum Gasteiger partial charge on any atom is 0.335 e. The van der Waals surface area contributed by atoms with Crippen molar-refractivity contribution in [1.29, 1.82) is 0 Å². The molecule has 4 amide bonds. The molecule has 3 aromatic rings. The van der Waals surface area contributed by atoms with E-state index in [9.17, 15) is 14.4 Å². The van der Waals surface area contributed by atoms with Crippen molar-refractivity contribution in [2.24, 2.45) is 0 Å². The standard InChI is InChI=1S/C29H27BrN2O5/c1-5-36-25-15-21(14-24(30)26(25)37-16-20-8-6-17(2)7-9-20)13-23-27(33)31-29(35)32(28(23)34)22-11-18(3)10-19(4)12-22/h6-15H,5,16H2,1-4H3,(H,31,33,35)/b23-13+. The Morgan fingerprint density at radius 2 is 1.57 bits per heavy atom. The number of anilines is 1. The average molecular weight is 563 g/mol. The van der Waals surface area contributed by atoms with Gasteiger partial charge in [-0.05, 0) is 96.2 Å². The highest BCUT2D eigenvalue weighted by molar-refractivity contribution is 9.10. The number of imide groups is 2. The number of amides is 4. The number of carbonyl (C=O) groups is 3. The van der Waals surface area contributed by atoms with Crippen molar-refractivity contribution >= 4 is 45.5 Å². The number of carbonyl (C=O) groups excluding carboxylic acids is 3. The van der Waals surface area contributed by atoms with E-state index in [-0.39, 0.29) is 5.57 Å². The molecule has 0 unspecified atom stereocenters. The van der Waals surface area contributed by atoms with Gasteiger partial charge in [-0.2, -0.15) is 0 Å². The Labute approximate surface area is 224 Å². The molecule has 37 heavy (non-hydrogen) atoms. The van der Waals surface area contributed by atoms with Crippen LogP contribution < -0.4 is 19.7 Å². The molecule has 1 fully saturated rings. The Balaban J connectivity index is 1.67. The summed E-state index contributed by atoms with van der Waals surface area (Å²) in [5.41, 5.74) is 4.72. The lowest BCUT2D eigenvalue weighted by Crippen LogP contribution is -2.54. The minimum absolute atomic E-state index is 0.165. The zero-order valence-electron chi connectivity index (χ0n) is 21.1. The van der Waals surface area contributed by atoms with Crippen molar-refractivity contribution in [1.82, 2.24) is 5.32 Å². The number of aryl methyl sites for hydroxylation is 3. The number of urea groups is 1. The van der Waals surface area contributed by atoms with Gasteiger partial charge in [0.15, 0.2) is 11.5 Å². The van der Waals surface area contributed by atoms with E-state index in [0.717, 1.165) is 27.2 Å². The summed E-state index contributed by atoms with van der Waals surface area (Å²) in [4.78, 5) is 39.5. The Morgan fingerprint density at radius 3 is 2.22 bits per heavy atom. The SMILES string of the molecule is CCOc1cc(/C=C2\C(=O)NC(=O)N(c3cc(C)cc(C)c3)C2=O)cc(Br)c1OCc1ccc(C)cc1. The van der Waals surface area contributed by atoms with E-state index in [4.69, 9.17) is 9.47 Å². The molecule has 190 valence electrons. The fraction of sp³-hybridized carbons (Fsp3) is 0.207. The highest BCUT2D eigenvalue weighted by Gasteiger charge is 2.37. The molecule has 8 heteroatoms. The Bertz CT molecular complexity index is 1390. The minimum Gasteiger partial charge on any atom is -0.490 e. The molecule has 0 bridgehead atoms. The molecule has 0 saturated carbocycles. The van der Waals surface area contributed by atoms with Gasteiger partial charge in [0, 0.05) is 0 Å². The first-order valence-corrected chi connectivity index (χ1v) is 12.6. The number of nitrogens with one attached hydrogen (secondary N) is 1. The van der Waals surface area contributed by atoms with E-state index in [1.54, 1.807) is 24.3 Å². The predicted octanol–water partition coefficient (Wildman–Crippen LogP) is 6.02. The van der Waals surface area contributed by atoms with E-state index < -0.39 is 17.8 Å². The van der Waals surface area contributed by atoms with Gasteiger partial charge in [0.2, 0.25) is 0 Å². The van der Waals surface area contributed by atoms with Crippen LogP contribution in [0.15, 0.2) is 64.6 Å². The normalized spacial score (nSPS) is 14.7. The maximum absolute atomic E-state index is 13.3. The Hall–Kier alpha value is -3.91. The van der Waals surface area contributed by atoms with Crippen LogP contribution in [-0.2, 0) is 16.2 Å². The van der Waals surface area contributed by atoms with Crippen LogP contribution in [0.5, 0.6) is 11.5 Å². The molecule has 0 spiro atoms. The second-order valence-corrected chi connectivity index (χ2v) is 9.70. The summed E-state index contributed by atoms with van der Waals surface area (Å²) in [6.45, 7) is 8.36. The molecule has 0 atom stereocenters. The summed E-state index contributed by atoms with van der Waals surface area (Å²) in [6.07, 6.45) is 1.44. The molecule has 1 heterocycles. The van der Waals surface area contributed by atoms with Gasteiger partial charge in [-0.25, -0.2) is 9.69 Å². The number of hydrogen-bond acceptors (Lipinski definition) is 5. The third kappa shape index (κ3) is 5.91. The lowest BCUT2D eigenvalue weighted by atomic mass is 10.0. The number of rotatable bonds is 7. The largest absolute Gasteiger partial charge is 0.490 e. The fourth-order valence-corrected chi connectivity index (χ4v) is 4.63. The number of ether oxygens (including phenoxy) is 2. The van der Waals surface area contributed by atoms with Gasteiger partial charge >= 0.3 is 6.03 Å². The van der Waals surface area contributed by atoms with Crippen LogP contribution in [0.3, 0.4) is 0 Å². The van der Waals surface area contributed by atoms with Crippen LogP contribution in [0.2, 0.25) is 0 Å². The monoisotopic (exact) mass is 562 g/mol. The summed E-state index contributed by atoms with van der Waals surface area (Å²) in [5, 5.41) is 2.27. The molecule has 4 rings (SSSR count). The molecule has 0 aliphatic carbocycles. The lowest BCUT2D eigenvalue weighted by molar-refractivity contribution is -0.122. The average Bonchev–Trinajstić information content (AvgIpc) is 2.82. The first-order chi connectivity index (χ1) is 17.7. The third-order valence-corrected chi connectivity index (χ3v) is 6.30. The van der Waals surface area contributed by atoms with E-state index in [1.165, 1.54) is 6.08 Å². The molecule has 1 aliphatic heterocycles. The van der Waals surface area contributed by atoms with Gasteiger partial charge < -0.3 is 9.47 Å². The number of nitrogens with zero attached hydrogens (tertiary/aromatic N) is 1. The molecule has 1 saturated heterocycles. The zero-order valence-corrected chi connectivity index (χ0v) is 22.6. The topological polar surface area (TPSA) is 84.9 Å².